The number of halogens is 3. The van der Waals surface area contributed by atoms with E-state index in [1.54, 1.807) is 30.3 Å². The molecule has 0 saturated carbocycles. The molecule has 0 amide bonds. The molecule has 3 heterocycles. The molecular weight excluding hydrogens is 449 g/mol. The first-order valence-corrected chi connectivity index (χ1v) is 10.5. The summed E-state index contributed by atoms with van der Waals surface area (Å²) >= 11 is 0. The number of anilines is 2. The highest BCUT2D eigenvalue weighted by molar-refractivity contribution is 5.62. The summed E-state index contributed by atoms with van der Waals surface area (Å²) in [5.41, 5.74) is 1.61. The number of aromatic nitrogens is 5. The minimum Gasteiger partial charge on any atom is -0.494 e. The maximum atomic E-state index is 13.6. The fraction of sp³-hybridized carbons (Fsp3) is 0.261. The number of nitrogens with zero attached hydrogens (tertiary/aromatic N) is 5. The van der Waals surface area contributed by atoms with Crippen LogP contribution in [0.4, 0.5) is 24.8 Å². The van der Waals surface area contributed by atoms with Crippen molar-refractivity contribution in [2.24, 2.45) is 0 Å². The molecule has 0 saturated heterocycles. The zero-order valence-electron chi connectivity index (χ0n) is 18.4. The molecule has 34 heavy (non-hydrogen) atoms. The Kier molecular flexibility index (Phi) is 5.48. The summed E-state index contributed by atoms with van der Waals surface area (Å²) in [6.07, 6.45) is -1.90. The monoisotopic (exact) mass is 470 g/mol. The maximum Gasteiger partial charge on any atom is 0.416 e. The van der Waals surface area contributed by atoms with E-state index in [-0.39, 0.29) is 18.1 Å². The van der Waals surface area contributed by atoms with Crippen molar-refractivity contribution in [1.29, 1.82) is 0 Å². The number of rotatable bonds is 5. The Morgan fingerprint density at radius 3 is 2.74 bits per heavy atom. The molecule has 0 aliphatic carbocycles. The minimum absolute atomic E-state index is 0.0107. The Hall–Kier alpha value is -3.86. The van der Waals surface area contributed by atoms with E-state index < -0.39 is 17.8 Å². The van der Waals surface area contributed by atoms with Crippen LogP contribution < -0.4 is 10.1 Å². The molecule has 4 aromatic rings. The number of nitrogens with one attached hydrogen (secondary N) is 1. The van der Waals surface area contributed by atoms with Gasteiger partial charge in [0.15, 0.2) is 5.82 Å². The predicted molar refractivity (Wildman–Crippen MR) is 117 cm³/mol. The minimum atomic E-state index is -4.50. The van der Waals surface area contributed by atoms with Crippen molar-refractivity contribution in [3.63, 3.8) is 0 Å². The normalized spacial score (nSPS) is 15.7. The number of ether oxygens (including phenoxy) is 2. The van der Waals surface area contributed by atoms with Crippen LogP contribution in [0.2, 0.25) is 0 Å². The molecule has 0 radical (unpaired) electrons. The fourth-order valence-electron chi connectivity index (χ4n) is 3.96. The number of hydrogen-bond acceptors (Lipinski definition) is 6. The van der Waals surface area contributed by atoms with Gasteiger partial charge in [-0.05, 0) is 25.1 Å². The van der Waals surface area contributed by atoms with Crippen molar-refractivity contribution in [1.82, 2.24) is 24.3 Å². The Balaban J connectivity index is 1.45. The Morgan fingerprint density at radius 2 is 2.00 bits per heavy atom. The average molecular weight is 470 g/mol. The van der Waals surface area contributed by atoms with Crippen molar-refractivity contribution in [3.8, 4) is 11.4 Å². The van der Waals surface area contributed by atoms with Crippen LogP contribution in [0.3, 0.4) is 0 Å². The Bertz CT molecular complexity index is 1330. The molecule has 2 aromatic carbocycles. The van der Waals surface area contributed by atoms with Crippen LogP contribution in [0.1, 0.15) is 28.7 Å². The van der Waals surface area contributed by atoms with Crippen LogP contribution >= 0.6 is 0 Å². The van der Waals surface area contributed by atoms with E-state index in [2.05, 4.69) is 20.4 Å². The van der Waals surface area contributed by atoms with E-state index in [4.69, 9.17) is 9.47 Å². The number of imidazole rings is 1. The Labute approximate surface area is 193 Å². The smallest absolute Gasteiger partial charge is 0.416 e. The molecule has 0 spiro atoms. The predicted octanol–water partition coefficient (Wildman–Crippen LogP) is 4.66. The van der Waals surface area contributed by atoms with E-state index in [9.17, 15) is 13.2 Å². The van der Waals surface area contributed by atoms with Gasteiger partial charge in [-0.15, -0.1) is 5.10 Å². The van der Waals surface area contributed by atoms with E-state index in [1.165, 1.54) is 12.1 Å². The molecule has 0 fully saturated rings. The van der Waals surface area contributed by atoms with Gasteiger partial charge < -0.3 is 19.4 Å². The van der Waals surface area contributed by atoms with Crippen molar-refractivity contribution >= 4 is 11.6 Å². The standard InChI is InChI=1S/C23H21F3N6O2/c1-14-12-31(13-27-14)18-8-7-15(11-19(18)33-2)28-22-29-21-20(34-10-9-32(21)30-22)16-5-3-4-6-17(16)23(24,25)26/h3-8,11-13,20H,9-10H2,1-2H3,(H,28,30). The summed E-state index contributed by atoms with van der Waals surface area (Å²) in [5, 5.41) is 7.54. The highest BCUT2D eigenvalue weighted by atomic mass is 19.4. The third kappa shape index (κ3) is 4.10. The molecule has 0 bridgehead atoms. The number of alkyl halides is 3. The van der Waals surface area contributed by atoms with Crippen LogP contribution in [-0.4, -0.2) is 38.0 Å². The molecule has 11 heteroatoms. The molecule has 1 unspecified atom stereocenters. The third-order valence-electron chi connectivity index (χ3n) is 5.50. The summed E-state index contributed by atoms with van der Waals surface area (Å²) in [4.78, 5) is 8.69. The lowest BCUT2D eigenvalue weighted by Gasteiger charge is -2.25. The largest absolute Gasteiger partial charge is 0.494 e. The summed E-state index contributed by atoms with van der Waals surface area (Å²) < 4.78 is 55.4. The number of hydrogen-bond donors (Lipinski definition) is 1. The molecule has 1 aliphatic heterocycles. The molecular formula is C23H21F3N6O2. The van der Waals surface area contributed by atoms with Gasteiger partial charge in [-0.1, -0.05) is 18.2 Å². The van der Waals surface area contributed by atoms with Gasteiger partial charge in [0.1, 0.15) is 11.9 Å². The average Bonchev–Trinajstić information content (AvgIpc) is 3.43. The number of fused-ring (bicyclic) bond motifs is 1. The lowest BCUT2D eigenvalue weighted by Crippen LogP contribution is -2.25. The zero-order chi connectivity index (χ0) is 23.9. The van der Waals surface area contributed by atoms with Gasteiger partial charge in [-0.2, -0.15) is 18.2 Å². The first kappa shape index (κ1) is 22.0. The van der Waals surface area contributed by atoms with Crippen LogP contribution in [0.15, 0.2) is 55.0 Å². The molecule has 8 nitrogen and oxygen atoms in total. The summed E-state index contributed by atoms with van der Waals surface area (Å²) in [7, 11) is 1.57. The summed E-state index contributed by atoms with van der Waals surface area (Å²) in [6.45, 7) is 2.51. The molecule has 1 atom stereocenters. The number of benzene rings is 2. The second-order valence-corrected chi connectivity index (χ2v) is 7.79. The van der Waals surface area contributed by atoms with Crippen molar-refractivity contribution < 1.29 is 22.6 Å². The molecule has 176 valence electrons. The second kappa shape index (κ2) is 8.49. The lowest BCUT2D eigenvalue weighted by molar-refractivity contribution is -0.139. The van der Waals surface area contributed by atoms with Gasteiger partial charge in [0.05, 0.1) is 43.5 Å². The van der Waals surface area contributed by atoms with Crippen LogP contribution in [-0.2, 0) is 17.5 Å². The maximum absolute atomic E-state index is 13.6. The molecule has 2 aromatic heterocycles. The van der Waals surface area contributed by atoms with Gasteiger partial charge >= 0.3 is 6.18 Å². The van der Waals surface area contributed by atoms with Gasteiger partial charge in [0.25, 0.3) is 0 Å². The molecule has 5 rings (SSSR count). The molecule has 1 aliphatic rings. The van der Waals surface area contributed by atoms with Gasteiger partial charge in [0.2, 0.25) is 5.95 Å². The highest BCUT2D eigenvalue weighted by Gasteiger charge is 2.38. The van der Waals surface area contributed by atoms with E-state index in [0.29, 0.717) is 23.8 Å². The zero-order valence-corrected chi connectivity index (χ0v) is 18.4. The van der Waals surface area contributed by atoms with E-state index >= 15 is 0 Å². The van der Waals surface area contributed by atoms with E-state index in [0.717, 1.165) is 17.4 Å². The fourth-order valence-corrected chi connectivity index (χ4v) is 3.96. The van der Waals surface area contributed by atoms with Gasteiger partial charge in [0, 0.05) is 23.5 Å². The van der Waals surface area contributed by atoms with Gasteiger partial charge in [-0.25, -0.2) is 9.67 Å². The van der Waals surface area contributed by atoms with Crippen molar-refractivity contribution in [2.75, 3.05) is 19.0 Å². The van der Waals surface area contributed by atoms with Crippen LogP contribution in [0.5, 0.6) is 5.75 Å². The number of aryl methyl sites for hydroxylation is 1. The highest BCUT2D eigenvalue weighted by Crippen LogP contribution is 2.39. The van der Waals surface area contributed by atoms with Crippen LogP contribution in [0.25, 0.3) is 5.69 Å². The molecule has 1 N–H and O–H groups in total. The van der Waals surface area contributed by atoms with Gasteiger partial charge in [-0.3, -0.25) is 0 Å². The second-order valence-electron chi connectivity index (χ2n) is 7.79. The SMILES string of the molecule is COc1cc(Nc2nc3n(n2)CCOC3c2ccccc2C(F)(F)F)ccc1-n1cnc(C)c1. The van der Waals surface area contributed by atoms with Crippen LogP contribution in [0, 0.1) is 6.92 Å². The van der Waals surface area contributed by atoms with Crippen molar-refractivity contribution in [3.05, 3.63) is 77.6 Å². The topological polar surface area (TPSA) is 79.0 Å². The lowest BCUT2D eigenvalue weighted by atomic mass is 10.0. The quantitative estimate of drug-likeness (QED) is 0.457. The first-order chi connectivity index (χ1) is 16.3. The summed E-state index contributed by atoms with van der Waals surface area (Å²) in [6, 6.07) is 10.9. The summed E-state index contributed by atoms with van der Waals surface area (Å²) in [5.74, 6) is 1.16. The van der Waals surface area contributed by atoms with Crippen molar-refractivity contribution in [2.45, 2.75) is 25.7 Å². The first-order valence-electron chi connectivity index (χ1n) is 10.5. The van der Waals surface area contributed by atoms with E-state index in [1.807, 2.05) is 29.8 Å². The third-order valence-corrected chi connectivity index (χ3v) is 5.50. The Morgan fingerprint density at radius 1 is 1.18 bits per heavy atom. The number of methoxy groups -OCH3 is 1.